The minimum Gasteiger partial charge on any atom is -0.497 e. The molecule has 0 radical (unpaired) electrons. The first-order valence-corrected chi connectivity index (χ1v) is 10.2. The maximum absolute atomic E-state index is 12.4. The molecule has 156 valence electrons. The molecule has 0 aliphatic rings. The first kappa shape index (κ1) is 22.4. The summed E-state index contributed by atoms with van der Waals surface area (Å²) in [5.74, 6) is -0.183. The van der Waals surface area contributed by atoms with E-state index in [4.69, 9.17) is 14.2 Å². The van der Waals surface area contributed by atoms with Crippen LogP contribution >= 0.6 is 0 Å². The quantitative estimate of drug-likeness (QED) is 0.488. The highest BCUT2D eigenvalue weighted by molar-refractivity contribution is 7.89. The van der Waals surface area contributed by atoms with E-state index in [2.05, 4.69) is 4.72 Å². The van der Waals surface area contributed by atoms with E-state index in [9.17, 15) is 18.0 Å². The number of benzene rings is 2. The Balaban J connectivity index is 2.00. The third kappa shape index (κ3) is 5.78. The number of ether oxygens (including phenoxy) is 3. The Morgan fingerprint density at radius 3 is 1.83 bits per heavy atom. The van der Waals surface area contributed by atoms with Crippen LogP contribution in [-0.4, -0.2) is 46.5 Å². The zero-order chi connectivity index (χ0) is 21.6. The summed E-state index contributed by atoms with van der Waals surface area (Å²) in [5.41, 5.74) is 0.345. The van der Waals surface area contributed by atoms with Crippen molar-refractivity contribution >= 4 is 21.8 Å². The Bertz CT molecular complexity index is 953. The fourth-order valence-electron chi connectivity index (χ4n) is 2.42. The van der Waals surface area contributed by atoms with Crippen LogP contribution in [-0.2, 0) is 19.6 Å². The van der Waals surface area contributed by atoms with Gasteiger partial charge in [-0.3, -0.25) is 9.59 Å². The molecular formula is C20H23NO7S. The minimum absolute atomic E-state index is 0.0275. The number of carbonyl (C=O) groups excluding carboxylic acids is 2. The summed E-state index contributed by atoms with van der Waals surface area (Å²) in [7, 11) is -0.975. The summed E-state index contributed by atoms with van der Waals surface area (Å²) in [4.78, 5) is 24.6. The number of hydrogen-bond donors (Lipinski definition) is 1. The second-order valence-electron chi connectivity index (χ2n) is 6.19. The highest BCUT2D eigenvalue weighted by atomic mass is 32.2. The smallest absolute Gasteiger partial charge is 0.324 e. The molecule has 0 aliphatic carbocycles. The van der Waals surface area contributed by atoms with E-state index in [1.54, 1.807) is 24.3 Å². The van der Waals surface area contributed by atoms with Crippen molar-refractivity contribution in [2.24, 2.45) is 0 Å². The van der Waals surface area contributed by atoms with E-state index >= 15 is 0 Å². The van der Waals surface area contributed by atoms with Crippen molar-refractivity contribution in [3.8, 4) is 11.5 Å². The Morgan fingerprint density at radius 1 is 0.862 bits per heavy atom. The molecule has 0 bridgehead atoms. The largest absolute Gasteiger partial charge is 0.497 e. The van der Waals surface area contributed by atoms with E-state index in [0.29, 0.717) is 17.1 Å². The monoisotopic (exact) mass is 421 g/mol. The van der Waals surface area contributed by atoms with Gasteiger partial charge in [-0.05, 0) is 62.4 Å². The van der Waals surface area contributed by atoms with Crippen molar-refractivity contribution in [1.29, 1.82) is 0 Å². The maximum atomic E-state index is 12.4. The fraction of sp³-hybridized carbons (Fsp3) is 0.300. The minimum atomic E-state index is -3.95. The lowest BCUT2D eigenvalue weighted by molar-refractivity contribution is -0.147. The third-order valence-electron chi connectivity index (χ3n) is 4.09. The molecule has 0 spiro atoms. The van der Waals surface area contributed by atoms with Gasteiger partial charge in [0.2, 0.25) is 15.8 Å². The molecule has 2 aromatic rings. The first-order valence-electron chi connectivity index (χ1n) is 8.73. The Hall–Kier alpha value is -2.91. The summed E-state index contributed by atoms with van der Waals surface area (Å²) < 4.78 is 42.2. The van der Waals surface area contributed by atoms with Crippen LogP contribution in [0.15, 0.2) is 53.4 Å². The lowest BCUT2D eigenvalue weighted by Crippen LogP contribution is -2.41. The van der Waals surface area contributed by atoms with E-state index in [1.807, 2.05) is 0 Å². The number of methoxy groups -OCH3 is 2. The predicted octanol–water partition coefficient (Wildman–Crippen LogP) is 2.19. The molecule has 2 rings (SSSR count). The Labute approximate surface area is 169 Å². The summed E-state index contributed by atoms with van der Waals surface area (Å²) in [6.07, 6.45) is -1.08. The second kappa shape index (κ2) is 9.53. The molecule has 0 saturated heterocycles. The summed E-state index contributed by atoms with van der Waals surface area (Å²) in [6, 6.07) is 10.9. The number of Topliss-reactive ketones (excluding diaryl/α,β-unsaturated/α-hetero) is 1. The van der Waals surface area contributed by atoms with E-state index in [0.717, 1.165) is 0 Å². The van der Waals surface area contributed by atoms with Crippen molar-refractivity contribution < 1.29 is 32.2 Å². The molecule has 0 heterocycles. The molecule has 0 saturated carbocycles. The fourth-order valence-corrected chi connectivity index (χ4v) is 3.62. The predicted molar refractivity (Wildman–Crippen MR) is 106 cm³/mol. The van der Waals surface area contributed by atoms with Gasteiger partial charge in [0.1, 0.15) is 17.5 Å². The molecule has 29 heavy (non-hydrogen) atoms. The summed E-state index contributed by atoms with van der Waals surface area (Å²) in [6.45, 7) is 2.77. The number of rotatable bonds is 9. The van der Waals surface area contributed by atoms with Crippen molar-refractivity contribution in [3.63, 3.8) is 0 Å². The number of nitrogens with one attached hydrogen (secondary N) is 1. The van der Waals surface area contributed by atoms with Crippen molar-refractivity contribution in [2.45, 2.75) is 30.9 Å². The van der Waals surface area contributed by atoms with Crippen LogP contribution in [0.4, 0.5) is 0 Å². The highest BCUT2D eigenvalue weighted by Crippen LogP contribution is 2.17. The van der Waals surface area contributed by atoms with Gasteiger partial charge in [0.25, 0.3) is 0 Å². The van der Waals surface area contributed by atoms with Crippen LogP contribution < -0.4 is 14.2 Å². The summed E-state index contributed by atoms with van der Waals surface area (Å²) in [5, 5.41) is 0. The molecule has 2 aromatic carbocycles. The number of hydrogen-bond acceptors (Lipinski definition) is 7. The molecule has 0 aliphatic heterocycles. The number of esters is 1. The van der Waals surface area contributed by atoms with Crippen LogP contribution in [0.1, 0.15) is 24.2 Å². The lowest BCUT2D eigenvalue weighted by Gasteiger charge is -2.17. The van der Waals surface area contributed by atoms with Gasteiger partial charge in [0.05, 0.1) is 19.1 Å². The molecule has 2 atom stereocenters. The van der Waals surface area contributed by atoms with Gasteiger partial charge >= 0.3 is 5.97 Å². The van der Waals surface area contributed by atoms with E-state index in [-0.39, 0.29) is 4.90 Å². The zero-order valence-electron chi connectivity index (χ0n) is 16.5. The van der Waals surface area contributed by atoms with Gasteiger partial charge in [-0.1, -0.05) is 0 Å². The van der Waals surface area contributed by atoms with Gasteiger partial charge < -0.3 is 14.2 Å². The molecule has 9 heteroatoms. The first-order chi connectivity index (χ1) is 13.7. The van der Waals surface area contributed by atoms with Gasteiger partial charge in [0.15, 0.2) is 6.10 Å². The normalized spacial score (nSPS) is 13.2. The van der Waals surface area contributed by atoms with Gasteiger partial charge in [-0.25, -0.2) is 8.42 Å². The van der Waals surface area contributed by atoms with Gasteiger partial charge in [-0.15, -0.1) is 0 Å². The van der Waals surface area contributed by atoms with Crippen LogP contribution in [0.3, 0.4) is 0 Å². The topological polar surface area (TPSA) is 108 Å². The van der Waals surface area contributed by atoms with Crippen molar-refractivity contribution in [3.05, 3.63) is 54.1 Å². The number of ketones is 1. The third-order valence-corrected chi connectivity index (χ3v) is 5.65. The van der Waals surface area contributed by atoms with Gasteiger partial charge in [-0.2, -0.15) is 4.72 Å². The average molecular weight is 421 g/mol. The van der Waals surface area contributed by atoms with Crippen LogP contribution in [0.5, 0.6) is 11.5 Å². The van der Waals surface area contributed by atoms with E-state index < -0.39 is 33.9 Å². The van der Waals surface area contributed by atoms with Crippen molar-refractivity contribution in [2.75, 3.05) is 14.2 Å². The van der Waals surface area contributed by atoms with Crippen LogP contribution in [0, 0.1) is 0 Å². The Kier molecular flexibility index (Phi) is 7.35. The maximum Gasteiger partial charge on any atom is 0.324 e. The highest BCUT2D eigenvalue weighted by Gasteiger charge is 2.27. The molecule has 0 amide bonds. The molecule has 1 N–H and O–H groups in total. The summed E-state index contributed by atoms with van der Waals surface area (Å²) >= 11 is 0. The molecule has 8 nitrogen and oxygen atoms in total. The lowest BCUT2D eigenvalue weighted by atomic mass is 10.1. The standard InChI is InChI=1S/C20H23NO7S/c1-13(21-29(24,25)18-11-9-17(27-4)10-12-18)20(23)28-14(2)19(22)15-5-7-16(26-3)8-6-15/h5-14,21H,1-4H3/t13-,14+/m0/s1. The zero-order valence-corrected chi connectivity index (χ0v) is 17.4. The average Bonchev–Trinajstić information content (AvgIpc) is 2.72. The Morgan fingerprint density at radius 2 is 1.34 bits per heavy atom. The van der Waals surface area contributed by atoms with Crippen molar-refractivity contribution in [1.82, 2.24) is 4.72 Å². The van der Waals surface area contributed by atoms with Gasteiger partial charge in [0, 0.05) is 5.56 Å². The van der Waals surface area contributed by atoms with Crippen LogP contribution in [0.2, 0.25) is 0 Å². The number of carbonyl (C=O) groups is 2. The molecular weight excluding hydrogens is 398 g/mol. The molecule has 0 fully saturated rings. The molecule has 0 unspecified atom stereocenters. The van der Waals surface area contributed by atoms with E-state index in [1.165, 1.54) is 52.3 Å². The SMILES string of the molecule is COc1ccc(C(=O)[C@@H](C)OC(=O)[C@H](C)NS(=O)(=O)c2ccc(OC)cc2)cc1. The second-order valence-corrected chi connectivity index (χ2v) is 7.90. The number of sulfonamides is 1. The van der Waals surface area contributed by atoms with Crippen LogP contribution in [0.25, 0.3) is 0 Å². The molecule has 0 aromatic heterocycles.